The minimum absolute atomic E-state index is 0.0119. The molecule has 0 unspecified atom stereocenters. The average Bonchev–Trinajstić information content (AvgIpc) is 2.82. The highest BCUT2D eigenvalue weighted by molar-refractivity contribution is 7.71. The molecule has 166 valence electrons. The number of hydrogen-bond acceptors (Lipinski definition) is 6. The van der Waals surface area contributed by atoms with Crippen LogP contribution in [0.15, 0.2) is 88.6 Å². The zero-order valence-corrected chi connectivity index (χ0v) is 18.6. The molecule has 0 saturated heterocycles. The molecule has 0 saturated carbocycles. The van der Waals surface area contributed by atoms with E-state index in [1.165, 1.54) is 10.8 Å². The third-order valence-electron chi connectivity index (χ3n) is 4.69. The van der Waals surface area contributed by atoms with E-state index < -0.39 is 5.56 Å². The number of hydrogen-bond donors (Lipinski definition) is 2. The van der Waals surface area contributed by atoms with Crippen LogP contribution in [0.3, 0.4) is 0 Å². The predicted molar refractivity (Wildman–Crippen MR) is 130 cm³/mol. The highest BCUT2D eigenvalue weighted by Gasteiger charge is 2.13. The molecule has 8 heteroatoms. The van der Waals surface area contributed by atoms with Crippen molar-refractivity contribution in [2.24, 2.45) is 4.99 Å². The maximum absolute atomic E-state index is 12.4. The summed E-state index contributed by atoms with van der Waals surface area (Å²) in [7, 11) is 0. The van der Waals surface area contributed by atoms with Crippen LogP contribution in [0.4, 0.5) is 5.69 Å². The predicted octanol–water partition coefficient (Wildman–Crippen LogP) is 5.54. The third-order valence-corrected chi connectivity index (χ3v) is 4.97. The van der Waals surface area contributed by atoms with Crippen LogP contribution in [0.2, 0.25) is 0 Å². The Morgan fingerprint density at radius 3 is 2.27 bits per heavy atom. The lowest BCUT2D eigenvalue weighted by Crippen LogP contribution is -2.18. The van der Waals surface area contributed by atoms with E-state index in [1.807, 2.05) is 37.3 Å². The van der Waals surface area contributed by atoms with Crippen LogP contribution in [-0.4, -0.2) is 27.5 Å². The number of H-pyrrole nitrogens is 1. The van der Waals surface area contributed by atoms with E-state index in [0.29, 0.717) is 29.5 Å². The van der Waals surface area contributed by atoms with Crippen molar-refractivity contribution in [3.8, 4) is 28.8 Å². The van der Waals surface area contributed by atoms with Gasteiger partial charge in [0.05, 0.1) is 18.0 Å². The number of aromatic hydroxyl groups is 1. The van der Waals surface area contributed by atoms with Gasteiger partial charge in [0.1, 0.15) is 22.8 Å². The van der Waals surface area contributed by atoms with Gasteiger partial charge in [-0.1, -0.05) is 18.2 Å². The summed E-state index contributed by atoms with van der Waals surface area (Å²) < 4.78 is 12.6. The van der Waals surface area contributed by atoms with E-state index >= 15 is 0 Å². The Bertz CT molecular complexity index is 1380. The first-order valence-corrected chi connectivity index (χ1v) is 10.6. The molecule has 33 heavy (non-hydrogen) atoms. The third kappa shape index (κ3) is 5.19. The maximum atomic E-state index is 12.4. The van der Waals surface area contributed by atoms with Gasteiger partial charge in [-0.05, 0) is 79.8 Å². The SMILES string of the molecule is CCOc1ccc(-n2c(O)c(C=Nc3ccc(Oc4ccccc4)cc3)c(=O)[nH]c2=S)cc1. The Labute approximate surface area is 195 Å². The molecule has 0 atom stereocenters. The van der Waals surface area contributed by atoms with Gasteiger partial charge >= 0.3 is 0 Å². The van der Waals surface area contributed by atoms with Crippen molar-refractivity contribution in [2.45, 2.75) is 6.92 Å². The second kappa shape index (κ2) is 9.97. The van der Waals surface area contributed by atoms with Crippen molar-refractivity contribution < 1.29 is 14.6 Å². The molecule has 4 aromatic rings. The van der Waals surface area contributed by atoms with E-state index in [0.717, 1.165) is 5.75 Å². The summed E-state index contributed by atoms with van der Waals surface area (Å²) in [6.45, 7) is 2.44. The molecule has 0 aliphatic heterocycles. The molecule has 2 N–H and O–H groups in total. The number of aromatic amines is 1. The fraction of sp³-hybridized carbons (Fsp3) is 0.0800. The Morgan fingerprint density at radius 2 is 1.61 bits per heavy atom. The van der Waals surface area contributed by atoms with Crippen LogP contribution in [0.5, 0.6) is 23.1 Å². The van der Waals surface area contributed by atoms with Crippen molar-refractivity contribution >= 4 is 24.1 Å². The summed E-state index contributed by atoms with van der Waals surface area (Å²) in [5.74, 6) is 1.77. The molecule has 4 rings (SSSR count). The lowest BCUT2D eigenvalue weighted by Gasteiger charge is -2.12. The number of aromatic nitrogens is 2. The fourth-order valence-corrected chi connectivity index (χ4v) is 3.40. The van der Waals surface area contributed by atoms with Crippen molar-refractivity contribution in [1.82, 2.24) is 9.55 Å². The fourth-order valence-electron chi connectivity index (χ4n) is 3.12. The van der Waals surface area contributed by atoms with Gasteiger partial charge in [0.2, 0.25) is 5.88 Å². The molecule has 0 fully saturated rings. The van der Waals surface area contributed by atoms with Gasteiger partial charge in [0.15, 0.2) is 4.77 Å². The molecule has 3 aromatic carbocycles. The minimum atomic E-state index is -0.535. The number of ether oxygens (including phenoxy) is 2. The van der Waals surface area contributed by atoms with E-state index in [-0.39, 0.29) is 16.2 Å². The zero-order chi connectivity index (χ0) is 23.2. The van der Waals surface area contributed by atoms with Gasteiger partial charge in [-0.3, -0.25) is 19.3 Å². The summed E-state index contributed by atoms with van der Waals surface area (Å²) in [6, 6.07) is 23.5. The van der Waals surface area contributed by atoms with Crippen LogP contribution < -0.4 is 15.0 Å². The lowest BCUT2D eigenvalue weighted by atomic mass is 10.2. The number of aliphatic imine (C=N–C) groups is 1. The molecule has 0 amide bonds. The van der Waals surface area contributed by atoms with Crippen LogP contribution >= 0.6 is 12.2 Å². The number of nitrogens with zero attached hydrogens (tertiary/aromatic N) is 2. The number of rotatable bonds is 7. The van der Waals surface area contributed by atoms with Gasteiger partial charge in [0, 0.05) is 6.21 Å². The van der Waals surface area contributed by atoms with Gasteiger partial charge in [-0.25, -0.2) is 0 Å². The molecular formula is C25H21N3O4S. The van der Waals surface area contributed by atoms with Crippen molar-refractivity contribution in [1.29, 1.82) is 0 Å². The first kappa shape index (κ1) is 22.0. The zero-order valence-electron chi connectivity index (χ0n) is 17.8. The molecule has 1 aromatic heterocycles. The molecule has 0 spiro atoms. The van der Waals surface area contributed by atoms with E-state index in [1.54, 1.807) is 48.5 Å². The lowest BCUT2D eigenvalue weighted by molar-refractivity contribution is 0.340. The number of benzene rings is 3. The van der Waals surface area contributed by atoms with Gasteiger partial charge in [-0.15, -0.1) is 0 Å². The van der Waals surface area contributed by atoms with Crippen LogP contribution in [-0.2, 0) is 0 Å². The Balaban J connectivity index is 1.59. The largest absolute Gasteiger partial charge is 0.494 e. The molecule has 0 radical (unpaired) electrons. The quantitative estimate of drug-likeness (QED) is 0.280. The van der Waals surface area contributed by atoms with E-state index in [4.69, 9.17) is 21.7 Å². The van der Waals surface area contributed by atoms with Crippen molar-refractivity contribution in [3.05, 3.63) is 99.6 Å². The molecule has 0 aliphatic rings. The summed E-state index contributed by atoms with van der Waals surface area (Å²) in [6.07, 6.45) is 1.31. The van der Waals surface area contributed by atoms with Crippen molar-refractivity contribution in [3.63, 3.8) is 0 Å². The van der Waals surface area contributed by atoms with Gasteiger partial charge in [0.25, 0.3) is 5.56 Å². The number of para-hydroxylation sites is 1. The Morgan fingerprint density at radius 1 is 0.970 bits per heavy atom. The van der Waals surface area contributed by atoms with E-state index in [2.05, 4.69) is 9.98 Å². The first-order valence-electron chi connectivity index (χ1n) is 10.2. The highest BCUT2D eigenvalue weighted by atomic mass is 32.1. The second-order valence-corrected chi connectivity index (χ2v) is 7.31. The Kier molecular flexibility index (Phi) is 6.66. The van der Waals surface area contributed by atoms with Crippen LogP contribution in [0.1, 0.15) is 12.5 Å². The van der Waals surface area contributed by atoms with Gasteiger partial charge in [-0.2, -0.15) is 0 Å². The molecule has 7 nitrogen and oxygen atoms in total. The molecule has 0 aliphatic carbocycles. The number of nitrogens with one attached hydrogen (secondary N) is 1. The normalized spacial score (nSPS) is 10.9. The summed E-state index contributed by atoms with van der Waals surface area (Å²) >= 11 is 5.26. The average molecular weight is 460 g/mol. The van der Waals surface area contributed by atoms with Gasteiger partial charge < -0.3 is 14.6 Å². The minimum Gasteiger partial charge on any atom is -0.494 e. The van der Waals surface area contributed by atoms with Crippen LogP contribution in [0.25, 0.3) is 5.69 Å². The molecule has 1 heterocycles. The summed E-state index contributed by atoms with van der Waals surface area (Å²) in [5, 5.41) is 10.8. The first-order chi connectivity index (χ1) is 16.0. The molecular weight excluding hydrogens is 438 g/mol. The molecule has 0 bridgehead atoms. The summed E-state index contributed by atoms with van der Waals surface area (Å²) in [5.41, 5.74) is 0.619. The van der Waals surface area contributed by atoms with Crippen LogP contribution in [0, 0.1) is 4.77 Å². The smallest absolute Gasteiger partial charge is 0.264 e. The maximum Gasteiger partial charge on any atom is 0.264 e. The monoisotopic (exact) mass is 459 g/mol. The van der Waals surface area contributed by atoms with E-state index in [9.17, 15) is 9.90 Å². The van der Waals surface area contributed by atoms with Crippen molar-refractivity contribution in [2.75, 3.05) is 6.61 Å². The highest BCUT2D eigenvalue weighted by Crippen LogP contribution is 2.25. The summed E-state index contributed by atoms with van der Waals surface area (Å²) in [4.78, 5) is 19.3. The second-order valence-electron chi connectivity index (χ2n) is 6.93. The standard InChI is InChI=1S/C25H21N3O4S/c1-2-31-19-14-10-18(11-15-19)28-24(30)22(23(29)27-25(28)33)16-26-17-8-12-21(13-9-17)32-20-6-4-3-5-7-20/h3-16,30H,2H2,1H3,(H,27,29,33). The Hall–Kier alpha value is -4.17. The topological polar surface area (TPSA) is 88.8 Å².